The summed E-state index contributed by atoms with van der Waals surface area (Å²) in [7, 11) is 2.60. The number of benzene rings is 1. The highest BCUT2D eigenvalue weighted by atomic mass is 32.2. The van der Waals surface area contributed by atoms with Crippen LogP contribution in [0.3, 0.4) is 0 Å². The third-order valence-electron chi connectivity index (χ3n) is 2.07. The average Bonchev–Trinajstić information content (AvgIpc) is 2.38. The number of thioether (sulfide) groups is 1. The fraction of sp³-hybridized carbons (Fsp3) is 0.333. The molecular formula is C12H14O4S. The van der Waals surface area contributed by atoms with E-state index in [1.54, 1.807) is 0 Å². The van der Waals surface area contributed by atoms with Crippen LogP contribution in [0.2, 0.25) is 0 Å². The van der Waals surface area contributed by atoms with E-state index in [9.17, 15) is 9.59 Å². The third kappa shape index (κ3) is 4.48. The molecule has 0 amide bonds. The van der Waals surface area contributed by atoms with E-state index >= 15 is 0 Å². The monoisotopic (exact) mass is 254 g/mol. The molecule has 1 aromatic carbocycles. The number of ether oxygens (including phenoxy) is 2. The quantitative estimate of drug-likeness (QED) is 0.593. The summed E-state index contributed by atoms with van der Waals surface area (Å²) in [6.45, 7) is 0. The summed E-state index contributed by atoms with van der Waals surface area (Å²) >= 11 is 1.29. The highest BCUT2D eigenvalue weighted by molar-refractivity contribution is 8.00. The summed E-state index contributed by atoms with van der Waals surface area (Å²) < 4.78 is 9.22. The summed E-state index contributed by atoms with van der Waals surface area (Å²) in [6, 6.07) is 9.37. The van der Waals surface area contributed by atoms with Gasteiger partial charge in [-0.1, -0.05) is 18.2 Å². The van der Waals surface area contributed by atoms with E-state index in [2.05, 4.69) is 9.47 Å². The lowest BCUT2D eigenvalue weighted by molar-refractivity contribution is -0.146. The first-order valence-electron chi connectivity index (χ1n) is 5.03. The number of esters is 2. The molecule has 0 saturated carbocycles. The molecule has 0 N–H and O–H groups in total. The van der Waals surface area contributed by atoms with Crippen molar-refractivity contribution in [1.82, 2.24) is 0 Å². The van der Waals surface area contributed by atoms with Gasteiger partial charge < -0.3 is 9.47 Å². The molecule has 0 aromatic heterocycles. The van der Waals surface area contributed by atoms with Crippen molar-refractivity contribution in [3.05, 3.63) is 30.3 Å². The number of carbonyl (C=O) groups excluding carboxylic acids is 2. The minimum Gasteiger partial charge on any atom is -0.469 e. The summed E-state index contributed by atoms with van der Waals surface area (Å²) in [5.74, 6) is -0.854. The number of hydrogen-bond donors (Lipinski definition) is 0. The van der Waals surface area contributed by atoms with Gasteiger partial charge in [0, 0.05) is 4.90 Å². The molecule has 92 valence electrons. The Hall–Kier alpha value is -1.49. The van der Waals surface area contributed by atoms with Crippen LogP contribution in [0.4, 0.5) is 0 Å². The molecule has 0 aliphatic heterocycles. The van der Waals surface area contributed by atoms with Crippen LogP contribution in [0.1, 0.15) is 6.42 Å². The molecule has 0 aliphatic carbocycles. The molecule has 1 atom stereocenters. The van der Waals surface area contributed by atoms with E-state index in [4.69, 9.17) is 0 Å². The number of hydrogen-bond acceptors (Lipinski definition) is 5. The highest BCUT2D eigenvalue weighted by Gasteiger charge is 2.24. The smallest absolute Gasteiger partial charge is 0.319 e. The fourth-order valence-corrected chi connectivity index (χ4v) is 2.26. The molecule has 1 aromatic rings. The molecule has 1 unspecified atom stereocenters. The number of methoxy groups -OCH3 is 2. The van der Waals surface area contributed by atoms with E-state index in [0.717, 1.165) is 4.90 Å². The Morgan fingerprint density at radius 3 is 2.35 bits per heavy atom. The Bertz CT molecular complexity index is 377. The maximum atomic E-state index is 11.5. The largest absolute Gasteiger partial charge is 0.469 e. The van der Waals surface area contributed by atoms with Crippen LogP contribution in [0.25, 0.3) is 0 Å². The topological polar surface area (TPSA) is 52.6 Å². The lowest BCUT2D eigenvalue weighted by atomic mass is 10.3. The standard InChI is InChI=1S/C12H14O4S/c1-15-11(13)8-10(12(14)16-2)17-9-6-4-3-5-7-9/h3-7,10H,8H2,1-2H3. The van der Waals surface area contributed by atoms with Crippen LogP contribution in [0.5, 0.6) is 0 Å². The average molecular weight is 254 g/mol. The molecule has 0 spiro atoms. The van der Waals surface area contributed by atoms with Crippen LogP contribution in [0.15, 0.2) is 35.2 Å². The second-order valence-electron chi connectivity index (χ2n) is 3.22. The van der Waals surface area contributed by atoms with Gasteiger partial charge in [-0.05, 0) is 12.1 Å². The SMILES string of the molecule is COC(=O)CC(Sc1ccccc1)C(=O)OC. The van der Waals surface area contributed by atoms with Crippen molar-refractivity contribution in [2.45, 2.75) is 16.6 Å². The zero-order valence-electron chi connectivity index (χ0n) is 9.71. The predicted octanol–water partition coefficient (Wildman–Crippen LogP) is 1.88. The predicted molar refractivity (Wildman–Crippen MR) is 64.7 cm³/mol. The van der Waals surface area contributed by atoms with Crippen LogP contribution in [0, 0.1) is 0 Å². The lowest BCUT2D eigenvalue weighted by Gasteiger charge is -2.12. The van der Waals surface area contributed by atoms with Gasteiger partial charge in [-0.15, -0.1) is 11.8 Å². The zero-order valence-corrected chi connectivity index (χ0v) is 10.5. The fourth-order valence-electron chi connectivity index (χ4n) is 1.20. The van der Waals surface area contributed by atoms with Crippen molar-refractivity contribution in [3.63, 3.8) is 0 Å². The molecule has 0 radical (unpaired) electrons. The van der Waals surface area contributed by atoms with Gasteiger partial charge in [-0.25, -0.2) is 0 Å². The molecule has 0 aliphatic rings. The van der Waals surface area contributed by atoms with Crippen molar-refractivity contribution in [2.75, 3.05) is 14.2 Å². The van der Waals surface area contributed by atoms with Crippen molar-refractivity contribution in [1.29, 1.82) is 0 Å². The Morgan fingerprint density at radius 2 is 1.82 bits per heavy atom. The molecule has 0 saturated heterocycles. The Morgan fingerprint density at radius 1 is 1.18 bits per heavy atom. The highest BCUT2D eigenvalue weighted by Crippen LogP contribution is 2.26. The van der Waals surface area contributed by atoms with Crippen molar-refractivity contribution >= 4 is 23.7 Å². The van der Waals surface area contributed by atoms with E-state index < -0.39 is 17.2 Å². The minimum atomic E-state index is -0.574. The summed E-state index contributed by atoms with van der Waals surface area (Å²) in [5.41, 5.74) is 0. The van der Waals surface area contributed by atoms with Gasteiger partial charge in [-0.3, -0.25) is 9.59 Å². The zero-order chi connectivity index (χ0) is 12.7. The van der Waals surface area contributed by atoms with Crippen molar-refractivity contribution < 1.29 is 19.1 Å². The maximum Gasteiger partial charge on any atom is 0.319 e. The molecule has 5 heteroatoms. The molecule has 0 bridgehead atoms. The van der Waals surface area contributed by atoms with Crippen LogP contribution in [-0.2, 0) is 19.1 Å². The van der Waals surface area contributed by atoms with Gasteiger partial charge in [0.2, 0.25) is 0 Å². The van der Waals surface area contributed by atoms with E-state index in [1.165, 1.54) is 26.0 Å². The molecule has 0 heterocycles. The van der Waals surface area contributed by atoms with E-state index in [0.29, 0.717) is 0 Å². The summed E-state index contributed by atoms with van der Waals surface area (Å²) in [6.07, 6.45) is 0.00271. The Kier molecular flexibility index (Phi) is 5.56. The van der Waals surface area contributed by atoms with Crippen LogP contribution >= 0.6 is 11.8 Å². The molecular weight excluding hydrogens is 240 g/mol. The third-order valence-corrected chi connectivity index (χ3v) is 3.25. The Balaban J connectivity index is 2.70. The molecule has 0 fully saturated rings. The van der Waals surface area contributed by atoms with Gasteiger partial charge in [0.05, 0.1) is 20.6 Å². The molecule has 17 heavy (non-hydrogen) atoms. The van der Waals surface area contributed by atoms with Crippen LogP contribution < -0.4 is 0 Å². The minimum absolute atomic E-state index is 0.00271. The first kappa shape index (κ1) is 13.6. The molecule has 1 rings (SSSR count). The summed E-state index contributed by atoms with van der Waals surface area (Å²) in [5, 5.41) is -0.574. The van der Waals surface area contributed by atoms with Gasteiger partial charge >= 0.3 is 11.9 Å². The van der Waals surface area contributed by atoms with Crippen molar-refractivity contribution in [2.24, 2.45) is 0 Å². The second-order valence-corrected chi connectivity index (χ2v) is 4.50. The lowest BCUT2D eigenvalue weighted by Crippen LogP contribution is -2.22. The second kappa shape index (κ2) is 6.96. The van der Waals surface area contributed by atoms with Gasteiger partial charge in [-0.2, -0.15) is 0 Å². The first-order valence-corrected chi connectivity index (χ1v) is 5.91. The van der Waals surface area contributed by atoms with Gasteiger partial charge in [0.25, 0.3) is 0 Å². The van der Waals surface area contributed by atoms with Gasteiger partial charge in [0.1, 0.15) is 5.25 Å². The van der Waals surface area contributed by atoms with Gasteiger partial charge in [0.15, 0.2) is 0 Å². The Labute approximate surface area is 104 Å². The van der Waals surface area contributed by atoms with E-state index in [1.807, 2.05) is 30.3 Å². The van der Waals surface area contributed by atoms with Crippen LogP contribution in [-0.4, -0.2) is 31.4 Å². The normalized spacial score (nSPS) is 11.6. The van der Waals surface area contributed by atoms with Crippen molar-refractivity contribution in [3.8, 4) is 0 Å². The number of carbonyl (C=O) groups is 2. The summed E-state index contributed by atoms with van der Waals surface area (Å²) in [4.78, 5) is 23.6. The maximum absolute atomic E-state index is 11.5. The first-order chi connectivity index (χ1) is 8.17. The number of rotatable bonds is 5. The molecule has 4 nitrogen and oxygen atoms in total. The van der Waals surface area contributed by atoms with E-state index in [-0.39, 0.29) is 6.42 Å².